The summed E-state index contributed by atoms with van der Waals surface area (Å²) in [5, 5.41) is 0.308. The van der Waals surface area contributed by atoms with Crippen LogP contribution >= 0.6 is 11.3 Å². The van der Waals surface area contributed by atoms with Crippen molar-refractivity contribution in [3.05, 3.63) is 70.7 Å². The lowest BCUT2D eigenvalue weighted by molar-refractivity contribution is 0.0736. The van der Waals surface area contributed by atoms with Gasteiger partial charge in [0, 0.05) is 23.4 Å². The molecule has 0 bridgehead atoms. The normalized spacial score (nSPS) is 13.6. The molecule has 0 aliphatic carbocycles. The molecule has 1 aliphatic heterocycles. The molecule has 1 N–H and O–H groups in total. The highest BCUT2D eigenvalue weighted by Crippen LogP contribution is 2.30. The van der Waals surface area contributed by atoms with Crippen LogP contribution in [-0.2, 0) is 23.0 Å². The zero-order valence-corrected chi connectivity index (χ0v) is 18.0. The van der Waals surface area contributed by atoms with Crippen molar-refractivity contribution in [2.75, 3.05) is 17.9 Å². The molecule has 30 heavy (non-hydrogen) atoms. The molecule has 0 atom stereocenters. The number of anilines is 1. The van der Waals surface area contributed by atoms with Crippen LogP contribution in [0.15, 0.2) is 59.5 Å². The number of amides is 1. The molecule has 9 heteroatoms. The Morgan fingerprint density at radius 2 is 1.90 bits per heavy atom. The summed E-state index contributed by atoms with van der Waals surface area (Å²) in [6, 6.07) is 15.4. The van der Waals surface area contributed by atoms with Gasteiger partial charge in [-0.05, 0) is 43.3 Å². The van der Waals surface area contributed by atoms with Crippen LogP contribution in [0.3, 0.4) is 0 Å². The van der Waals surface area contributed by atoms with Gasteiger partial charge in [0.05, 0.1) is 23.7 Å². The Kier molecular flexibility index (Phi) is 5.74. The van der Waals surface area contributed by atoms with Gasteiger partial charge in [0.2, 0.25) is 0 Å². The summed E-state index contributed by atoms with van der Waals surface area (Å²) in [7, 11) is -3.76. The van der Waals surface area contributed by atoms with Gasteiger partial charge in [-0.15, -0.1) is 0 Å². The predicted octanol–water partition coefficient (Wildman–Crippen LogP) is 3.54. The average molecular weight is 444 g/mol. The van der Waals surface area contributed by atoms with Crippen LogP contribution in [0.2, 0.25) is 0 Å². The van der Waals surface area contributed by atoms with Gasteiger partial charge in [0.15, 0.2) is 5.13 Å². The number of sulfonamides is 1. The minimum Gasteiger partial charge on any atom is -0.494 e. The van der Waals surface area contributed by atoms with Gasteiger partial charge in [-0.2, -0.15) is 0 Å². The van der Waals surface area contributed by atoms with Crippen molar-refractivity contribution in [2.45, 2.75) is 24.8 Å². The van der Waals surface area contributed by atoms with E-state index >= 15 is 0 Å². The fraction of sp³-hybridized carbons (Fsp3) is 0.238. The van der Waals surface area contributed by atoms with Crippen LogP contribution in [0.5, 0.6) is 5.75 Å². The summed E-state index contributed by atoms with van der Waals surface area (Å²) in [5.41, 5.74) is 1.48. The first kappa shape index (κ1) is 20.4. The lowest BCUT2D eigenvalue weighted by atomic mass is 10.1. The maximum Gasteiger partial charge on any atom is 0.263 e. The molecular weight excluding hydrogens is 422 g/mol. The van der Waals surface area contributed by atoms with Gasteiger partial charge < -0.3 is 9.64 Å². The molecule has 2 heterocycles. The van der Waals surface area contributed by atoms with E-state index in [1.54, 1.807) is 29.2 Å². The van der Waals surface area contributed by atoms with Crippen molar-refractivity contribution in [2.24, 2.45) is 0 Å². The van der Waals surface area contributed by atoms with Gasteiger partial charge in [-0.3, -0.25) is 9.52 Å². The van der Waals surface area contributed by atoms with Crippen LogP contribution in [0.25, 0.3) is 0 Å². The molecule has 0 unspecified atom stereocenters. The third-order valence-electron chi connectivity index (χ3n) is 4.71. The molecule has 1 aromatic heterocycles. The first-order chi connectivity index (χ1) is 14.5. The van der Waals surface area contributed by atoms with E-state index in [0.29, 0.717) is 42.6 Å². The van der Waals surface area contributed by atoms with E-state index in [4.69, 9.17) is 4.74 Å². The minimum atomic E-state index is -3.76. The van der Waals surface area contributed by atoms with Crippen LogP contribution in [0.4, 0.5) is 5.13 Å². The van der Waals surface area contributed by atoms with Crippen molar-refractivity contribution in [1.29, 1.82) is 0 Å². The summed E-state index contributed by atoms with van der Waals surface area (Å²) in [5.74, 6) is 0.579. The lowest BCUT2D eigenvalue weighted by Crippen LogP contribution is -2.35. The highest BCUT2D eigenvalue weighted by molar-refractivity contribution is 7.93. The Balaban J connectivity index is 1.48. The van der Waals surface area contributed by atoms with Gasteiger partial charge in [0.1, 0.15) is 5.75 Å². The van der Waals surface area contributed by atoms with E-state index < -0.39 is 10.0 Å². The molecule has 4 rings (SSSR count). The van der Waals surface area contributed by atoms with Gasteiger partial charge >= 0.3 is 0 Å². The molecule has 0 spiro atoms. The highest BCUT2D eigenvalue weighted by Gasteiger charge is 2.26. The largest absolute Gasteiger partial charge is 0.494 e. The number of hydrogen-bond donors (Lipinski definition) is 1. The van der Waals surface area contributed by atoms with E-state index in [0.717, 1.165) is 10.6 Å². The van der Waals surface area contributed by atoms with Crippen molar-refractivity contribution in [1.82, 2.24) is 9.88 Å². The number of nitrogens with zero attached hydrogens (tertiary/aromatic N) is 2. The number of fused-ring (bicyclic) bond motifs is 1. The smallest absolute Gasteiger partial charge is 0.263 e. The van der Waals surface area contributed by atoms with Crippen LogP contribution < -0.4 is 9.46 Å². The number of ether oxygens (including phenoxy) is 1. The summed E-state index contributed by atoms with van der Waals surface area (Å²) >= 11 is 1.26. The second-order valence-corrected chi connectivity index (χ2v) is 9.51. The molecular formula is C21H21N3O4S2. The Morgan fingerprint density at radius 1 is 1.17 bits per heavy atom. The van der Waals surface area contributed by atoms with Gasteiger partial charge in [-0.1, -0.05) is 29.5 Å². The summed E-state index contributed by atoms with van der Waals surface area (Å²) < 4.78 is 33.3. The summed E-state index contributed by atoms with van der Waals surface area (Å²) in [4.78, 5) is 19.9. The monoisotopic (exact) mass is 443 g/mol. The van der Waals surface area contributed by atoms with Crippen molar-refractivity contribution in [3.8, 4) is 5.75 Å². The highest BCUT2D eigenvalue weighted by atomic mass is 32.2. The maximum absolute atomic E-state index is 12.7. The molecule has 0 saturated heterocycles. The van der Waals surface area contributed by atoms with Crippen molar-refractivity contribution >= 4 is 32.4 Å². The van der Waals surface area contributed by atoms with Crippen LogP contribution in [-0.4, -0.2) is 37.4 Å². The topological polar surface area (TPSA) is 88.6 Å². The van der Waals surface area contributed by atoms with E-state index in [-0.39, 0.29) is 10.8 Å². The first-order valence-electron chi connectivity index (χ1n) is 9.55. The number of nitrogens with one attached hydrogen (secondary N) is 1. The van der Waals surface area contributed by atoms with E-state index in [1.165, 1.54) is 23.5 Å². The Labute approximate surface area is 179 Å². The Morgan fingerprint density at radius 3 is 2.60 bits per heavy atom. The number of carbonyl (C=O) groups is 1. The molecule has 1 amide bonds. The molecule has 2 aromatic carbocycles. The first-order valence-corrected chi connectivity index (χ1v) is 11.8. The number of benzene rings is 2. The zero-order chi connectivity index (χ0) is 21.1. The molecule has 3 aromatic rings. The number of thiazole rings is 1. The standard InChI is InChI=1S/C21H21N3O4S2/c1-2-28-16-8-10-17(11-9-16)30(26,27)23-21-22-18-12-13-24(14-19(18)29-21)20(25)15-6-4-3-5-7-15/h3-11H,2,12-14H2,1H3,(H,22,23). The second kappa shape index (κ2) is 8.45. The Bertz CT molecular complexity index is 1140. The summed E-state index contributed by atoms with van der Waals surface area (Å²) in [6.07, 6.45) is 0.592. The molecule has 156 valence electrons. The number of aromatic nitrogens is 1. The van der Waals surface area contributed by atoms with E-state index in [9.17, 15) is 13.2 Å². The van der Waals surface area contributed by atoms with Crippen LogP contribution in [0, 0.1) is 0 Å². The van der Waals surface area contributed by atoms with Gasteiger partial charge in [-0.25, -0.2) is 13.4 Å². The van der Waals surface area contributed by atoms with Gasteiger partial charge in [0.25, 0.3) is 15.9 Å². The minimum absolute atomic E-state index is 0.0360. The number of carbonyl (C=O) groups excluding carboxylic acids is 1. The number of rotatable bonds is 6. The number of hydrogen-bond acceptors (Lipinski definition) is 6. The average Bonchev–Trinajstić information content (AvgIpc) is 3.15. The lowest BCUT2D eigenvalue weighted by Gasteiger charge is -2.26. The molecule has 0 radical (unpaired) electrons. The van der Waals surface area contributed by atoms with Crippen molar-refractivity contribution < 1.29 is 17.9 Å². The fourth-order valence-corrected chi connectivity index (χ4v) is 5.49. The molecule has 0 saturated carbocycles. The Hall–Kier alpha value is -2.91. The predicted molar refractivity (Wildman–Crippen MR) is 115 cm³/mol. The molecule has 7 nitrogen and oxygen atoms in total. The SMILES string of the molecule is CCOc1ccc(S(=O)(=O)Nc2nc3c(s2)CN(C(=O)c2ccccc2)CC3)cc1. The third kappa shape index (κ3) is 4.31. The third-order valence-corrected chi connectivity index (χ3v) is 7.19. The van der Waals surface area contributed by atoms with Crippen LogP contribution in [0.1, 0.15) is 27.9 Å². The van der Waals surface area contributed by atoms with Crippen molar-refractivity contribution in [3.63, 3.8) is 0 Å². The quantitative estimate of drug-likeness (QED) is 0.630. The maximum atomic E-state index is 12.7. The van der Waals surface area contributed by atoms with E-state index in [2.05, 4.69) is 9.71 Å². The molecule has 0 fully saturated rings. The zero-order valence-electron chi connectivity index (χ0n) is 16.4. The van der Waals surface area contributed by atoms with E-state index in [1.807, 2.05) is 25.1 Å². The fourth-order valence-electron chi connectivity index (χ4n) is 3.23. The summed E-state index contributed by atoms with van der Waals surface area (Å²) in [6.45, 7) is 3.35. The second-order valence-electron chi connectivity index (χ2n) is 6.74. The molecule has 1 aliphatic rings.